The molecule has 1 aliphatic heterocycles. The van der Waals surface area contributed by atoms with E-state index in [1.165, 1.54) is 0 Å². The van der Waals surface area contributed by atoms with Crippen molar-refractivity contribution in [1.82, 2.24) is 5.32 Å². The minimum atomic E-state index is 0.0549. The highest BCUT2D eigenvalue weighted by Crippen LogP contribution is 2.31. The number of para-hydroxylation sites is 1. The minimum Gasteiger partial charge on any atom is -0.493 e. The van der Waals surface area contributed by atoms with Crippen molar-refractivity contribution in [3.63, 3.8) is 0 Å². The third-order valence-electron chi connectivity index (χ3n) is 3.35. The molecule has 1 aromatic rings. The first-order valence-corrected chi connectivity index (χ1v) is 6.93. The molecule has 1 aliphatic rings. The van der Waals surface area contributed by atoms with Crippen LogP contribution < -0.4 is 15.8 Å². The van der Waals surface area contributed by atoms with E-state index in [2.05, 4.69) is 5.32 Å². The molecule has 0 saturated carbocycles. The SMILES string of the molecule is CC(N)CCC(=O)NC1CCCOc2ccccc21. The Hall–Kier alpha value is -1.55. The van der Waals surface area contributed by atoms with Gasteiger partial charge in [0.1, 0.15) is 5.75 Å². The lowest BCUT2D eigenvalue weighted by Gasteiger charge is -2.18. The summed E-state index contributed by atoms with van der Waals surface area (Å²) in [4.78, 5) is 11.9. The molecule has 2 unspecified atom stereocenters. The topological polar surface area (TPSA) is 64.4 Å². The fourth-order valence-corrected chi connectivity index (χ4v) is 2.30. The zero-order valence-electron chi connectivity index (χ0n) is 11.4. The van der Waals surface area contributed by atoms with Gasteiger partial charge in [-0.15, -0.1) is 0 Å². The van der Waals surface area contributed by atoms with E-state index >= 15 is 0 Å². The molecular weight excluding hydrogens is 240 g/mol. The van der Waals surface area contributed by atoms with Crippen LogP contribution in [-0.2, 0) is 4.79 Å². The summed E-state index contributed by atoms with van der Waals surface area (Å²) in [6, 6.07) is 8.04. The van der Waals surface area contributed by atoms with Crippen LogP contribution >= 0.6 is 0 Å². The maximum absolute atomic E-state index is 11.9. The van der Waals surface area contributed by atoms with Gasteiger partial charge in [-0.05, 0) is 32.3 Å². The number of hydrogen-bond acceptors (Lipinski definition) is 3. The van der Waals surface area contributed by atoms with Gasteiger partial charge in [-0.1, -0.05) is 18.2 Å². The van der Waals surface area contributed by atoms with Crippen molar-refractivity contribution >= 4 is 5.91 Å². The van der Waals surface area contributed by atoms with Crippen molar-refractivity contribution in [3.05, 3.63) is 29.8 Å². The Morgan fingerprint density at radius 1 is 1.53 bits per heavy atom. The second-order valence-corrected chi connectivity index (χ2v) is 5.16. The monoisotopic (exact) mass is 262 g/mol. The number of ether oxygens (including phenoxy) is 1. The van der Waals surface area contributed by atoms with Gasteiger partial charge in [0.15, 0.2) is 0 Å². The predicted molar refractivity (Wildman–Crippen MR) is 74.9 cm³/mol. The zero-order chi connectivity index (χ0) is 13.7. The van der Waals surface area contributed by atoms with Crippen LogP contribution in [0.25, 0.3) is 0 Å². The number of fused-ring (bicyclic) bond motifs is 1. The Labute approximate surface area is 114 Å². The first kappa shape index (κ1) is 13.9. The fraction of sp³-hybridized carbons (Fsp3) is 0.533. The van der Waals surface area contributed by atoms with Gasteiger partial charge in [-0.25, -0.2) is 0 Å². The van der Waals surface area contributed by atoms with Gasteiger partial charge in [-0.3, -0.25) is 4.79 Å². The predicted octanol–water partition coefficient (Wildman–Crippen LogP) is 2.14. The van der Waals surface area contributed by atoms with Gasteiger partial charge in [0.05, 0.1) is 12.6 Å². The number of rotatable bonds is 4. The molecule has 19 heavy (non-hydrogen) atoms. The van der Waals surface area contributed by atoms with Crippen molar-refractivity contribution in [3.8, 4) is 5.75 Å². The van der Waals surface area contributed by atoms with Crippen molar-refractivity contribution in [2.45, 2.75) is 44.7 Å². The van der Waals surface area contributed by atoms with E-state index in [0.717, 1.165) is 30.6 Å². The summed E-state index contributed by atoms with van der Waals surface area (Å²) in [6.45, 7) is 2.63. The highest BCUT2D eigenvalue weighted by molar-refractivity contribution is 5.76. The summed E-state index contributed by atoms with van der Waals surface area (Å²) in [5.41, 5.74) is 6.75. The quantitative estimate of drug-likeness (QED) is 0.873. The van der Waals surface area contributed by atoms with E-state index in [1.807, 2.05) is 31.2 Å². The van der Waals surface area contributed by atoms with Crippen LogP contribution in [0.5, 0.6) is 5.75 Å². The summed E-state index contributed by atoms with van der Waals surface area (Å²) in [7, 11) is 0. The number of nitrogens with one attached hydrogen (secondary N) is 1. The van der Waals surface area contributed by atoms with Crippen LogP contribution in [0.15, 0.2) is 24.3 Å². The average molecular weight is 262 g/mol. The molecular formula is C15H22N2O2. The zero-order valence-corrected chi connectivity index (χ0v) is 11.4. The molecule has 0 spiro atoms. The standard InChI is InChI=1S/C15H22N2O2/c1-11(16)8-9-15(18)17-13-6-4-10-19-14-7-3-2-5-12(13)14/h2-3,5,7,11,13H,4,6,8-10,16H2,1H3,(H,17,18). The third-order valence-corrected chi connectivity index (χ3v) is 3.35. The Kier molecular flexibility index (Phi) is 4.80. The van der Waals surface area contributed by atoms with Gasteiger partial charge in [-0.2, -0.15) is 0 Å². The number of carbonyl (C=O) groups is 1. The maximum Gasteiger partial charge on any atom is 0.220 e. The van der Waals surface area contributed by atoms with Crippen molar-refractivity contribution < 1.29 is 9.53 Å². The van der Waals surface area contributed by atoms with Crippen molar-refractivity contribution in [1.29, 1.82) is 0 Å². The van der Waals surface area contributed by atoms with E-state index in [-0.39, 0.29) is 18.0 Å². The number of carbonyl (C=O) groups excluding carboxylic acids is 1. The maximum atomic E-state index is 11.9. The van der Waals surface area contributed by atoms with Crippen LogP contribution in [0.2, 0.25) is 0 Å². The lowest BCUT2D eigenvalue weighted by atomic mass is 10.0. The molecule has 104 valence electrons. The van der Waals surface area contributed by atoms with Gasteiger partial charge in [0.2, 0.25) is 5.91 Å². The molecule has 2 atom stereocenters. The first-order chi connectivity index (χ1) is 9.16. The molecule has 3 N–H and O–H groups in total. The number of amides is 1. The second kappa shape index (κ2) is 6.57. The molecule has 0 aromatic heterocycles. The minimum absolute atomic E-state index is 0.0549. The molecule has 1 heterocycles. The highest BCUT2D eigenvalue weighted by atomic mass is 16.5. The first-order valence-electron chi connectivity index (χ1n) is 6.93. The van der Waals surface area contributed by atoms with Gasteiger partial charge < -0.3 is 15.8 Å². The summed E-state index contributed by atoms with van der Waals surface area (Å²) >= 11 is 0. The number of nitrogens with two attached hydrogens (primary N) is 1. The largest absolute Gasteiger partial charge is 0.493 e. The smallest absolute Gasteiger partial charge is 0.220 e. The van der Waals surface area contributed by atoms with Crippen LogP contribution in [0.3, 0.4) is 0 Å². The molecule has 0 aliphatic carbocycles. The highest BCUT2D eigenvalue weighted by Gasteiger charge is 2.20. The van der Waals surface area contributed by atoms with Crippen molar-refractivity contribution in [2.75, 3.05) is 6.61 Å². The van der Waals surface area contributed by atoms with Crippen LogP contribution in [0.1, 0.15) is 44.2 Å². The molecule has 4 nitrogen and oxygen atoms in total. The van der Waals surface area contributed by atoms with E-state index < -0.39 is 0 Å². The Bertz CT molecular complexity index is 432. The fourth-order valence-electron chi connectivity index (χ4n) is 2.30. The number of benzene rings is 1. The van der Waals surface area contributed by atoms with Crippen molar-refractivity contribution in [2.24, 2.45) is 5.73 Å². The Morgan fingerprint density at radius 3 is 3.11 bits per heavy atom. The van der Waals surface area contributed by atoms with Crippen LogP contribution in [0, 0.1) is 0 Å². The van der Waals surface area contributed by atoms with Gasteiger partial charge in [0.25, 0.3) is 0 Å². The molecule has 0 fully saturated rings. The van der Waals surface area contributed by atoms with E-state index in [1.54, 1.807) is 0 Å². The lowest BCUT2D eigenvalue weighted by molar-refractivity contribution is -0.122. The molecule has 1 aromatic carbocycles. The van der Waals surface area contributed by atoms with Gasteiger partial charge in [0, 0.05) is 18.0 Å². The van der Waals surface area contributed by atoms with Crippen LogP contribution in [-0.4, -0.2) is 18.6 Å². The average Bonchev–Trinajstić information content (AvgIpc) is 2.59. The third kappa shape index (κ3) is 3.96. The lowest BCUT2D eigenvalue weighted by Crippen LogP contribution is -2.29. The normalized spacial score (nSPS) is 19.8. The van der Waals surface area contributed by atoms with E-state index in [0.29, 0.717) is 13.0 Å². The molecule has 4 heteroatoms. The van der Waals surface area contributed by atoms with E-state index in [9.17, 15) is 4.79 Å². The molecule has 0 saturated heterocycles. The van der Waals surface area contributed by atoms with Crippen LogP contribution in [0.4, 0.5) is 0 Å². The summed E-state index contributed by atoms with van der Waals surface area (Å²) < 4.78 is 5.69. The molecule has 0 bridgehead atoms. The summed E-state index contributed by atoms with van der Waals surface area (Å²) in [5.74, 6) is 0.955. The molecule has 2 rings (SSSR count). The summed E-state index contributed by atoms with van der Waals surface area (Å²) in [6.07, 6.45) is 3.07. The summed E-state index contributed by atoms with van der Waals surface area (Å²) in [5, 5.41) is 3.10. The number of hydrogen-bond donors (Lipinski definition) is 2. The molecule has 0 radical (unpaired) electrons. The Morgan fingerprint density at radius 2 is 2.32 bits per heavy atom. The van der Waals surface area contributed by atoms with Gasteiger partial charge >= 0.3 is 0 Å². The second-order valence-electron chi connectivity index (χ2n) is 5.16. The Balaban J connectivity index is 2.01. The molecule has 1 amide bonds. The van der Waals surface area contributed by atoms with E-state index in [4.69, 9.17) is 10.5 Å².